The van der Waals surface area contributed by atoms with E-state index in [1.54, 1.807) is 0 Å². The monoisotopic (exact) mass is 269 g/mol. The Balaban J connectivity index is 0.00000162. The first-order chi connectivity index (χ1) is 8.22. The highest BCUT2D eigenvalue weighted by Gasteiger charge is 2.06. The molecule has 100 valence electrons. The Morgan fingerprint density at radius 3 is 2.67 bits per heavy atom. The topological polar surface area (TPSA) is 47.7 Å². The largest absolute Gasteiger partial charge is 0.306 e. The van der Waals surface area contributed by atoms with Gasteiger partial charge in [0.25, 0.3) is 0 Å². The first-order valence-electron chi connectivity index (χ1n) is 5.91. The van der Waals surface area contributed by atoms with Crippen molar-refractivity contribution >= 4 is 12.4 Å². The summed E-state index contributed by atoms with van der Waals surface area (Å²) in [6, 6.07) is 2.02. The van der Waals surface area contributed by atoms with Crippen molar-refractivity contribution in [2.75, 3.05) is 0 Å². The molecule has 2 heterocycles. The van der Waals surface area contributed by atoms with Crippen LogP contribution in [0, 0.1) is 6.92 Å². The third-order valence-electron chi connectivity index (χ3n) is 2.98. The second-order valence-corrected chi connectivity index (χ2v) is 4.14. The summed E-state index contributed by atoms with van der Waals surface area (Å²) in [7, 11) is 1.96. The molecule has 0 aliphatic rings. The van der Waals surface area contributed by atoms with Gasteiger partial charge in [0, 0.05) is 32.9 Å². The van der Waals surface area contributed by atoms with Crippen LogP contribution in [0.15, 0.2) is 18.5 Å². The summed E-state index contributed by atoms with van der Waals surface area (Å²) < 4.78 is 3.92. The number of nitrogens with one attached hydrogen (secondary N) is 1. The molecule has 0 saturated carbocycles. The Morgan fingerprint density at radius 1 is 1.28 bits per heavy atom. The highest BCUT2D eigenvalue weighted by molar-refractivity contribution is 5.85. The second kappa shape index (κ2) is 6.56. The zero-order valence-electron chi connectivity index (χ0n) is 11.1. The summed E-state index contributed by atoms with van der Waals surface area (Å²) in [5, 5.41) is 11.9. The Morgan fingerprint density at radius 2 is 2.06 bits per heavy atom. The predicted octanol–water partition coefficient (Wildman–Crippen LogP) is 1.66. The lowest BCUT2D eigenvalue weighted by atomic mass is 10.2. The van der Waals surface area contributed by atoms with E-state index in [4.69, 9.17) is 0 Å². The van der Waals surface area contributed by atoms with Crippen molar-refractivity contribution in [2.24, 2.45) is 7.05 Å². The van der Waals surface area contributed by atoms with Crippen LogP contribution in [0.5, 0.6) is 0 Å². The summed E-state index contributed by atoms with van der Waals surface area (Å²) >= 11 is 0. The summed E-state index contributed by atoms with van der Waals surface area (Å²) in [5.74, 6) is 0. The molecule has 0 radical (unpaired) electrons. The van der Waals surface area contributed by atoms with Gasteiger partial charge in [0.15, 0.2) is 0 Å². The van der Waals surface area contributed by atoms with Gasteiger partial charge in [0.1, 0.15) is 0 Å². The first kappa shape index (κ1) is 14.7. The third-order valence-corrected chi connectivity index (χ3v) is 2.98. The van der Waals surface area contributed by atoms with E-state index < -0.39 is 0 Å². The van der Waals surface area contributed by atoms with Gasteiger partial charge in [-0.3, -0.25) is 9.36 Å². The molecule has 0 fully saturated rings. The first-order valence-corrected chi connectivity index (χ1v) is 5.91. The molecular weight excluding hydrogens is 250 g/mol. The Bertz CT molecular complexity index is 488. The fourth-order valence-electron chi connectivity index (χ4n) is 1.89. The van der Waals surface area contributed by atoms with Gasteiger partial charge in [-0.05, 0) is 25.5 Å². The predicted molar refractivity (Wildman–Crippen MR) is 73.6 cm³/mol. The maximum Gasteiger partial charge on any atom is 0.0551 e. The van der Waals surface area contributed by atoms with E-state index in [0.29, 0.717) is 0 Å². The third kappa shape index (κ3) is 3.11. The maximum absolute atomic E-state index is 4.33. The van der Waals surface area contributed by atoms with Crippen LogP contribution < -0.4 is 5.32 Å². The number of hydrogen-bond donors (Lipinski definition) is 1. The quantitative estimate of drug-likeness (QED) is 0.898. The number of aryl methyl sites for hydroxylation is 3. The minimum Gasteiger partial charge on any atom is -0.306 e. The van der Waals surface area contributed by atoms with Crippen molar-refractivity contribution < 1.29 is 0 Å². The van der Waals surface area contributed by atoms with Gasteiger partial charge in [-0.1, -0.05) is 0 Å². The molecule has 2 rings (SSSR count). The number of halogens is 1. The van der Waals surface area contributed by atoms with Crippen molar-refractivity contribution in [3.8, 4) is 0 Å². The summed E-state index contributed by atoms with van der Waals surface area (Å²) in [6.07, 6.45) is 3.74. The minimum atomic E-state index is 0. The van der Waals surface area contributed by atoms with Crippen molar-refractivity contribution in [3.63, 3.8) is 0 Å². The van der Waals surface area contributed by atoms with Crippen LogP contribution >= 0.6 is 12.4 Å². The van der Waals surface area contributed by atoms with E-state index in [-0.39, 0.29) is 12.4 Å². The Kier molecular flexibility index (Phi) is 5.37. The van der Waals surface area contributed by atoms with Gasteiger partial charge in [0.05, 0.1) is 17.6 Å². The van der Waals surface area contributed by atoms with Gasteiger partial charge in [0.2, 0.25) is 0 Å². The molecule has 0 atom stereocenters. The van der Waals surface area contributed by atoms with Crippen molar-refractivity contribution in [3.05, 3.63) is 35.4 Å². The highest BCUT2D eigenvalue weighted by atomic mass is 35.5. The smallest absolute Gasteiger partial charge is 0.0551 e. The van der Waals surface area contributed by atoms with Crippen molar-refractivity contribution in [1.29, 1.82) is 0 Å². The number of hydrogen-bond acceptors (Lipinski definition) is 3. The van der Waals surface area contributed by atoms with Crippen LogP contribution in [0.2, 0.25) is 0 Å². The summed E-state index contributed by atoms with van der Waals surface area (Å²) in [4.78, 5) is 0. The van der Waals surface area contributed by atoms with E-state index in [2.05, 4.69) is 29.4 Å². The fraction of sp³-hybridized carbons (Fsp3) is 0.500. The molecular formula is C12H20ClN5. The summed E-state index contributed by atoms with van der Waals surface area (Å²) in [5.41, 5.74) is 3.68. The van der Waals surface area contributed by atoms with Crippen LogP contribution in [0.3, 0.4) is 0 Å². The number of rotatable bonds is 5. The zero-order chi connectivity index (χ0) is 12.3. The van der Waals surface area contributed by atoms with Gasteiger partial charge >= 0.3 is 0 Å². The minimum absolute atomic E-state index is 0. The lowest BCUT2D eigenvalue weighted by Crippen LogP contribution is -2.18. The van der Waals surface area contributed by atoms with Gasteiger partial charge in [-0.15, -0.1) is 12.4 Å². The van der Waals surface area contributed by atoms with Crippen LogP contribution in [-0.4, -0.2) is 19.6 Å². The summed E-state index contributed by atoms with van der Waals surface area (Å²) in [6.45, 7) is 6.78. The number of aromatic nitrogens is 4. The second-order valence-electron chi connectivity index (χ2n) is 4.14. The van der Waals surface area contributed by atoms with Crippen LogP contribution in [-0.2, 0) is 26.7 Å². The van der Waals surface area contributed by atoms with Crippen LogP contribution in [0.1, 0.15) is 23.9 Å². The van der Waals surface area contributed by atoms with Crippen LogP contribution in [0.4, 0.5) is 0 Å². The molecule has 0 bridgehead atoms. The molecule has 6 heteroatoms. The Labute approximate surface area is 114 Å². The molecule has 5 nitrogen and oxygen atoms in total. The Hall–Kier alpha value is -1.33. The molecule has 2 aromatic rings. The lowest BCUT2D eigenvalue weighted by Gasteiger charge is -2.08. The average molecular weight is 270 g/mol. The van der Waals surface area contributed by atoms with E-state index in [1.807, 2.05) is 34.9 Å². The molecule has 18 heavy (non-hydrogen) atoms. The van der Waals surface area contributed by atoms with E-state index in [9.17, 15) is 0 Å². The van der Waals surface area contributed by atoms with Crippen LogP contribution in [0.25, 0.3) is 0 Å². The molecule has 2 aromatic heterocycles. The zero-order valence-corrected chi connectivity index (χ0v) is 11.9. The normalized spacial score (nSPS) is 10.4. The molecule has 0 aliphatic heterocycles. The van der Waals surface area contributed by atoms with E-state index in [1.165, 1.54) is 17.0 Å². The molecule has 0 unspecified atom stereocenters. The van der Waals surface area contributed by atoms with Crippen molar-refractivity contribution in [1.82, 2.24) is 24.9 Å². The van der Waals surface area contributed by atoms with Crippen molar-refractivity contribution in [2.45, 2.75) is 33.5 Å². The highest BCUT2D eigenvalue weighted by Crippen LogP contribution is 2.07. The maximum atomic E-state index is 4.33. The average Bonchev–Trinajstić information content (AvgIpc) is 2.87. The van der Waals surface area contributed by atoms with Gasteiger partial charge in [-0.25, -0.2) is 0 Å². The molecule has 0 saturated heterocycles. The SMILES string of the molecule is CCn1ncc(C)c1CNCc1ccnn1C.Cl. The molecule has 0 aromatic carbocycles. The molecule has 0 spiro atoms. The molecule has 0 amide bonds. The molecule has 0 aliphatic carbocycles. The van der Waals surface area contributed by atoms with Gasteiger partial charge < -0.3 is 5.32 Å². The van der Waals surface area contributed by atoms with E-state index in [0.717, 1.165) is 19.6 Å². The number of nitrogens with zero attached hydrogens (tertiary/aromatic N) is 4. The fourth-order valence-corrected chi connectivity index (χ4v) is 1.89. The standard InChI is InChI=1S/C12H19N5.ClH/c1-4-17-12(10(2)7-15-17)9-13-8-11-5-6-14-16(11)3;/h5-7,13H,4,8-9H2,1-3H3;1H. The van der Waals surface area contributed by atoms with Gasteiger partial charge in [-0.2, -0.15) is 10.2 Å². The lowest BCUT2D eigenvalue weighted by molar-refractivity contribution is 0.566. The van der Waals surface area contributed by atoms with E-state index >= 15 is 0 Å². The molecule has 1 N–H and O–H groups in total.